The molecule has 2 N–H and O–H groups in total. The summed E-state index contributed by atoms with van der Waals surface area (Å²) in [5, 5.41) is 6.19. The summed E-state index contributed by atoms with van der Waals surface area (Å²) in [7, 11) is 4.01. The fourth-order valence-electron chi connectivity index (χ4n) is 2.52. The number of carbonyl (C=O) groups excluding carboxylic acids is 1. The van der Waals surface area contributed by atoms with Crippen LogP contribution in [0, 0.1) is 0 Å². The first kappa shape index (κ1) is 17.5. The fourth-order valence-corrected chi connectivity index (χ4v) is 2.52. The van der Waals surface area contributed by atoms with Crippen molar-refractivity contribution in [2.45, 2.75) is 6.54 Å². The smallest absolute Gasteiger partial charge is 0.253 e. The van der Waals surface area contributed by atoms with Crippen molar-refractivity contribution in [3.8, 4) is 0 Å². The van der Waals surface area contributed by atoms with Crippen LogP contribution >= 0.6 is 0 Å². The summed E-state index contributed by atoms with van der Waals surface area (Å²) in [6.45, 7) is 0.489. The number of rotatable bonds is 6. The SMILES string of the molecule is CN(C)c1ccc(Nc2cncc(C(=O)NCc3ccccc3)c2)cc1. The van der Waals surface area contributed by atoms with Gasteiger partial charge < -0.3 is 15.5 Å². The van der Waals surface area contributed by atoms with Gasteiger partial charge in [-0.3, -0.25) is 9.78 Å². The van der Waals surface area contributed by atoms with Crippen LogP contribution in [-0.4, -0.2) is 25.0 Å². The zero-order chi connectivity index (χ0) is 18.4. The number of benzene rings is 2. The first-order valence-electron chi connectivity index (χ1n) is 8.43. The Balaban J connectivity index is 1.64. The lowest BCUT2D eigenvalue weighted by molar-refractivity contribution is 0.0950. The molecule has 0 spiro atoms. The second kappa shape index (κ2) is 8.16. The van der Waals surface area contributed by atoms with Crippen LogP contribution in [0.4, 0.5) is 17.1 Å². The second-order valence-corrected chi connectivity index (χ2v) is 6.20. The number of anilines is 3. The standard InChI is InChI=1S/C21H22N4O/c1-25(2)20-10-8-18(9-11-20)24-19-12-17(14-22-15-19)21(26)23-13-16-6-4-3-5-7-16/h3-12,14-15,24H,13H2,1-2H3,(H,23,26). The Morgan fingerprint density at radius 3 is 2.38 bits per heavy atom. The van der Waals surface area contributed by atoms with Gasteiger partial charge in [-0.2, -0.15) is 0 Å². The van der Waals surface area contributed by atoms with Gasteiger partial charge >= 0.3 is 0 Å². The van der Waals surface area contributed by atoms with E-state index in [2.05, 4.69) is 15.6 Å². The molecule has 0 fully saturated rings. The van der Waals surface area contributed by atoms with Gasteiger partial charge in [0.2, 0.25) is 0 Å². The third-order valence-corrected chi connectivity index (χ3v) is 3.97. The van der Waals surface area contributed by atoms with Crippen LogP contribution in [-0.2, 0) is 6.54 Å². The Hall–Kier alpha value is -3.34. The number of carbonyl (C=O) groups is 1. The van der Waals surface area contributed by atoms with E-state index in [9.17, 15) is 4.79 Å². The maximum atomic E-state index is 12.4. The molecule has 0 aliphatic rings. The van der Waals surface area contributed by atoms with E-state index in [0.717, 1.165) is 22.6 Å². The molecule has 0 saturated heterocycles. The van der Waals surface area contributed by atoms with Crippen LogP contribution in [0.1, 0.15) is 15.9 Å². The highest BCUT2D eigenvalue weighted by atomic mass is 16.1. The molecule has 5 heteroatoms. The van der Waals surface area contributed by atoms with Gasteiger partial charge in [0.05, 0.1) is 17.4 Å². The van der Waals surface area contributed by atoms with Gasteiger partial charge in [-0.15, -0.1) is 0 Å². The Kier molecular flexibility index (Phi) is 5.49. The van der Waals surface area contributed by atoms with Gasteiger partial charge in [0.25, 0.3) is 5.91 Å². The van der Waals surface area contributed by atoms with Gasteiger partial charge in [0.15, 0.2) is 0 Å². The number of hydrogen-bond donors (Lipinski definition) is 2. The van der Waals surface area contributed by atoms with E-state index in [1.807, 2.05) is 73.6 Å². The van der Waals surface area contributed by atoms with Crippen molar-refractivity contribution in [1.29, 1.82) is 0 Å². The van der Waals surface area contributed by atoms with Crippen LogP contribution in [0.3, 0.4) is 0 Å². The number of aromatic nitrogens is 1. The number of nitrogens with one attached hydrogen (secondary N) is 2. The molecule has 0 aliphatic heterocycles. The zero-order valence-corrected chi connectivity index (χ0v) is 14.9. The summed E-state index contributed by atoms with van der Waals surface area (Å²) in [6, 6.07) is 19.7. The highest BCUT2D eigenvalue weighted by Crippen LogP contribution is 2.20. The van der Waals surface area contributed by atoms with Crippen molar-refractivity contribution in [3.05, 3.63) is 84.2 Å². The van der Waals surface area contributed by atoms with Gasteiger partial charge in [-0.25, -0.2) is 0 Å². The molecule has 2 aromatic carbocycles. The summed E-state index contributed by atoms with van der Waals surface area (Å²) in [5.74, 6) is -0.145. The van der Waals surface area contributed by atoms with E-state index < -0.39 is 0 Å². The van der Waals surface area contributed by atoms with Gasteiger partial charge in [-0.1, -0.05) is 30.3 Å². The number of amides is 1. The lowest BCUT2D eigenvalue weighted by Gasteiger charge is -2.13. The molecule has 1 aromatic heterocycles. The molecule has 1 amide bonds. The van der Waals surface area contributed by atoms with Crippen LogP contribution in [0.5, 0.6) is 0 Å². The summed E-state index contributed by atoms with van der Waals surface area (Å²) in [5.41, 5.74) is 4.43. The van der Waals surface area contributed by atoms with Gasteiger partial charge in [0, 0.05) is 38.2 Å². The number of hydrogen-bond acceptors (Lipinski definition) is 4. The Morgan fingerprint density at radius 1 is 0.962 bits per heavy atom. The molecular weight excluding hydrogens is 324 g/mol. The molecule has 0 bridgehead atoms. The van der Waals surface area contributed by atoms with Crippen LogP contribution in [0.15, 0.2) is 73.1 Å². The Morgan fingerprint density at radius 2 is 1.69 bits per heavy atom. The van der Waals surface area contributed by atoms with Crippen molar-refractivity contribution in [1.82, 2.24) is 10.3 Å². The monoisotopic (exact) mass is 346 g/mol. The lowest BCUT2D eigenvalue weighted by atomic mass is 10.2. The van der Waals surface area contributed by atoms with Gasteiger partial charge in [-0.05, 0) is 35.9 Å². The van der Waals surface area contributed by atoms with E-state index >= 15 is 0 Å². The van der Waals surface area contributed by atoms with E-state index in [-0.39, 0.29) is 5.91 Å². The van der Waals surface area contributed by atoms with Crippen molar-refractivity contribution in [2.24, 2.45) is 0 Å². The second-order valence-electron chi connectivity index (χ2n) is 6.20. The summed E-state index contributed by atoms with van der Waals surface area (Å²) < 4.78 is 0. The van der Waals surface area contributed by atoms with Crippen molar-refractivity contribution >= 4 is 23.0 Å². The Bertz CT molecular complexity index is 861. The molecule has 1 heterocycles. The van der Waals surface area contributed by atoms with Crippen molar-refractivity contribution in [2.75, 3.05) is 24.3 Å². The van der Waals surface area contributed by atoms with E-state index in [1.165, 1.54) is 0 Å². The molecule has 0 saturated carbocycles. The number of pyridine rings is 1. The van der Waals surface area contributed by atoms with E-state index in [0.29, 0.717) is 12.1 Å². The first-order valence-corrected chi connectivity index (χ1v) is 8.43. The average molecular weight is 346 g/mol. The molecule has 0 atom stereocenters. The molecule has 132 valence electrons. The third kappa shape index (κ3) is 4.60. The molecular formula is C21H22N4O. The fraction of sp³-hybridized carbons (Fsp3) is 0.143. The summed E-state index contributed by atoms with van der Waals surface area (Å²) >= 11 is 0. The zero-order valence-electron chi connectivity index (χ0n) is 14.9. The summed E-state index contributed by atoms with van der Waals surface area (Å²) in [6.07, 6.45) is 3.27. The molecule has 0 radical (unpaired) electrons. The first-order chi connectivity index (χ1) is 12.6. The highest BCUT2D eigenvalue weighted by Gasteiger charge is 2.07. The van der Waals surface area contributed by atoms with Gasteiger partial charge in [0.1, 0.15) is 0 Å². The minimum absolute atomic E-state index is 0.145. The Labute approximate surface area is 153 Å². The molecule has 5 nitrogen and oxygen atoms in total. The maximum Gasteiger partial charge on any atom is 0.253 e. The van der Waals surface area contributed by atoms with Crippen LogP contribution in [0.2, 0.25) is 0 Å². The predicted molar refractivity (Wildman–Crippen MR) is 106 cm³/mol. The quantitative estimate of drug-likeness (QED) is 0.712. The van der Waals surface area contributed by atoms with E-state index in [1.54, 1.807) is 18.5 Å². The van der Waals surface area contributed by atoms with Crippen molar-refractivity contribution < 1.29 is 4.79 Å². The minimum atomic E-state index is -0.145. The predicted octanol–water partition coefficient (Wildman–Crippen LogP) is 3.82. The van der Waals surface area contributed by atoms with Crippen LogP contribution in [0.25, 0.3) is 0 Å². The average Bonchev–Trinajstić information content (AvgIpc) is 2.67. The molecule has 3 aromatic rings. The largest absolute Gasteiger partial charge is 0.378 e. The molecule has 3 rings (SSSR count). The molecule has 26 heavy (non-hydrogen) atoms. The number of nitrogens with zero attached hydrogens (tertiary/aromatic N) is 2. The van der Waals surface area contributed by atoms with Crippen molar-refractivity contribution in [3.63, 3.8) is 0 Å². The molecule has 0 aliphatic carbocycles. The van der Waals surface area contributed by atoms with E-state index in [4.69, 9.17) is 0 Å². The topological polar surface area (TPSA) is 57.3 Å². The summed E-state index contributed by atoms with van der Waals surface area (Å²) in [4.78, 5) is 18.6. The normalized spacial score (nSPS) is 10.2. The minimum Gasteiger partial charge on any atom is -0.378 e. The maximum absolute atomic E-state index is 12.4. The lowest BCUT2D eigenvalue weighted by Crippen LogP contribution is -2.22. The molecule has 0 unspecified atom stereocenters. The van der Waals surface area contributed by atoms with Crippen LogP contribution < -0.4 is 15.5 Å². The third-order valence-electron chi connectivity index (χ3n) is 3.97. The highest BCUT2D eigenvalue weighted by molar-refractivity contribution is 5.94.